The van der Waals surface area contributed by atoms with Gasteiger partial charge in [0.1, 0.15) is 0 Å². The Balaban J connectivity index is 1.24. The first-order valence-electron chi connectivity index (χ1n) is 15.2. The molecule has 6 aromatic carbocycles. The van der Waals surface area contributed by atoms with Crippen LogP contribution >= 0.6 is 0 Å². The molecule has 9 aromatic rings. The molecule has 0 saturated carbocycles. The van der Waals surface area contributed by atoms with Crippen LogP contribution in [0, 0.1) is 0 Å². The van der Waals surface area contributed by atoms with Gasteiger partial charge < -0.3 is 0 Å². The second-order valence-corrected chi connectivity index (χ2v) is 11.4. The van der Waals surface area contributed by atoms with E-state index in [0.29, 0.717) is 17.5 Å². The zero-order chi connectivity index (χ0) is 30.5. The van der Waals surface area contributed by atoms with E-state index in [4.69, 9.17) is 19.9 Å². The molecule has 0 spiro atoms. The van der Waals surface area contributed by atoms with Crippen LogP contribution in [0.3, 0.4) is 0 Å². The van der Waals surface area contributed by atoms with Gasteiger partial charge in [-0.25, -0.2) is 15.0 Å². The van der Waals surface area contributed by atoms with Gasteiger partial charge in [-0.15, -0.1) is 0 Å². The van der Waals surface area contributed by atoms with Gasteiger partial charge in [0.15, 0.2) is 17.5 Å². The summed E-state index contributed by atoms with van der Waals surface area (Å²) in [6, 6.07) is 46.0. The monoisotopic (exact) mass is 587 g/mol. The summed E-state index contributed by atoms with van der Waals surface area (Å²) in [6.07, 6.45) is 5.58. The molecule has 5 heteroatoms. The quantitative estimate of drug-likeness (QED) is 0.188. The molecule has 0 bridgehead atoms. The van der Waals surface area contributed by atoms with Crippen molar-refractivity contribution in [2.75, 3.05) is 0 Å². The number of benzene rings is 6. The fourth-order valence-corrected chi connectivity index (χ4v) is 6.42. The average molecular weight is 588 g/mol. The summed E-state index contributed by atoms with van der Waals surface area (Å²) in [5.74, 6) is 1.96. The summed E-state index contributed by atoms with van der Waals surface area (Å²) in [6.45, 7) is 0. The van der Waals surface area contributed by atoms with Crippen molar-refractivity contribution in [1.82, 2.24) is 24.9 Å². The van der Waals surface area contributed by atoms with E-state index >= 15 is 0 Å². The van der Waals surface area contributed by atoms with E-state index in [0.717, 1.165) is 44.5 Å². The molecule has 5 nitrogen and oxygen atoms in total. The summed E-state index contributed by atoms with van der Waals surface area (Å²) in [7, 11) is 0. The fourth-order valence-electron chi connectivity index (χ4n) is 6.42. The van der Waals surface area contributed by atoms with Crippen LogP contribution in [-0.2, 0) is 0 Å². The summed E-state index contributed by atoms with van der Waals surface area (Å²) in [5.41, 5.74) is 7.01. The Morgan fingerprint density at radius 1 is 0.370 bits per heavy atom. The molecule has 214 valence electrons. The van der Waals surface area contributed by atoms with Crippen molar-refractivity contribution in [2.24, 2.45) is 0 Å². The number of rotatable bonds is 5. The second-order valence-electron chi connectivity index (χ2n) is 11.4. The van der Waals surface area contributed by atoms with E-state index in [1.54, 1.807) is 6.20 Å². The molecule has 0 aliphatic carbocycles. The maximum atomic E-state index is 5.05. The van der Waals surface area contributed by atoms with Crippen LogP contribution < -0.4 is 0 Å². The van der Waals surface area contributed by atoms with Crippen molar-refractivity contribution in [3.63, 3.8) is 0 Å². The average Bonchev–Trinajstić information content (AvgIpc) is 3.14. The molecule has 9 rings (SSSR count). The lowest BCUT2D eigenvalue weighted by molar-refractivity contribution is 1.08. The lowest BCUT2D eigenvalue weighted by Gasteiger charge is -2.16. The van der Waals surface area contributed by atoms with Gasteiger partial charge in [0.05, 0.1) is 5.69 Å². The molecule has 0 radical (unpaired) electrons. The van der Waals surface area contributed by atoms with Gasteiger partial charge in [-0.3, -0.25) is 9.97 Å². The van der Waals surface area contributed by atoms with E-state index in [-0.39, 0.29) is 0 Å². The number of hydrogen-bond donors (Lipinski definition) is 0. The topological polar surface area (TPSA) is 64.5 Å². The standard InChI is InChI=1S/C41H25N5/c1-3-8-28(9-4-1)39-44-40(29-10-5-2-6-11-29)46-41(45-39)35-21-16-27-14-19-33-32(18-13-26-15-20-34(35)38(27)37(26)33)30-17-22-36(43-25-30)31-12-7-23-42-24-31/h1-25H. The molecule has 0 atom stereocenters. The zero-order valence-electron chi connectivity index (χ0n) is 24.7. The minimum atomic E-state index is 0.652. The minimum absolute atomic E-state index is 0.652. The third-order valence-electron chi connectivity index (χ3n) is 8.64. The highest BCUT2D eigenvalue weighted by Crippen LogP contribution is 2.42. The predicted molar refractivity (Wildman–Crippen MR) is 186 cm³/mol. The van der Waals surface area contributed by atoms with E-state index in [2.05, 4.69) is 65.6 Å². The van der Waals surface area contributed by atoms with Crippen LogP contribution in [0.1, 0.15) is 0 Å². The first-order chi connectivity index (χ1) is 22.8. The molecule has 0 amide bonds. The number of pyridine rings is 2. The van der Waals surface area contributed by atoms with Crippen LogP contribution in [0.15, 0.2) is 152 Å². The Kier molecular flexibility index (Phi) is 6.06. The largest absolute Gasteiger partial charge is 0.264 e. The molecule has 0 unspecified atom stereocenters. The van der Waals surface area contributed by atoms with Crippen LogP contribution in [0.2, 0.25) is 0 Å². The lowest BCUT2D eigenvalue weighted by Crippen LogP contribution is -2.00. The molecule has 0 fully saturated rings. The lowest BCUT2D eigenvalue weighted by atomic mass is 9.88. The Morgan fingerprint density at radius 2 is 0.935 bits per heavy atom. The van der Waals surface area contributed by atoms with Crippen molar-refractivity contribution >= 4 is 32.3 Å². The fraction of sp³-hybridized carbons (Fsp3) is 0. The van der Waals surface area contributed by atoms with Crippen molar-refractivity contribution in [3.05, 3.63) is 152 Å². The van der Waals surface area contributed by atoms with Gasteiger partial charge in [0.25, 0.3) is 0 Å². The smallest absolute Gasteiger partial charge is 0.164 e. The van der Waals surface area contributed by atoms with Crippen LogP contribution in [0.5, 0.6) is 0 Å². The molecule has 46 heavy (non-hydrogen) atoms. The Morgan fingerprint density at radius 3 is 1.52 bits per heavy atom. The molecule has 0 aliphatic heterocycles. The SMILES string of the molecule is c1ccc(-c2nc(-c3ccccc3)nc(-c3ccc4ccc5c(-c6ccc(-c7cccnc7)nc6)ccc6ccc3c4c65)n2)cc1. The first-order valence-corrected chi connectivity index (χ1v) is 15.2. The van der Waals surface area contributed by atoms with Crippen molar-refractivity contribution in [1.29, 1.82) is 0 Å². The first kappa shape index (κ1) is 26.1. The summed E-state index contributed by atoms with van der Waals surface area (Å²) in [4.78, 5) is 24.0. The van der Waals surface area contributed by atoms with Gasteiger partial charge in [0.2, 0.25) is 0 Å². The predicted octanol–water partition coefficient (Wildman–Crippen LogP) is 9.89. The number of aromatic nitrogens is 5. The Hall–Kier alpha value is -6.33. The van der Waals surface area contributed by atoms with Crippen molar-refractivity contribution < 1.29 is 0 Å². The Bertz CT molecular complexity index is 2440. The van der Waals surface area contributed by atoms with Crippen molar-refractivity contribution in [3.8, 4) is 56.5 Å². The van der Waals surface area contributed by atoms with Crippen molar-refractivity contribution in [2.45, 2.75) is 0 Å². The van der Waals surface area contributed by atoms with E-state index < -0.39 is 0 Å². The molecule has 3 heterocycles. The molecular formula is C41H25N5. The van der Waals surface area contributed by atoms with Gasteiger partial charge >= 0.3 is 0 Å². The van der Waals surface area contributed by atoms with Gasteiger partial charge in [-0.05, 0) is 62.1 Å². The normalized spacial score (nSPS) is 11.5. The molecule has 0 aliphatic rings. The second kappa shape index (κ2) is 10.7. The number of nitrogens with zero attached hydrogens (tertiary/aromatic N) is 5. The maximum absolute atomic E-state index is 5.05. The van der Waals surface area contributed by atoms with Crippen LogP contribution in [0.4, 0.5) is 0 Å². The van der Waals surface area contributed by atoms with Crippen LogP contribution in [0.25, 0.3) is 88.9 Å². The van der Waals surface area contributed by atoms with E-state index in [1.807, 2.05) is 85.2 Å². The van der Waals surface area contributed by atoms with Gasteiger partial charge in [-0.2, -0.15) is 0 Å². The third kappa shape index (κ3) is 4.37. The highest BCUT2D eigenvalue weighted by atomic mass is 15.0. The maximum Gasteiger partial charge on any atom is 0.164 e. The summed E-state index contributed by atoms with van der Waals surface area (Å²) in [5, 5.41) is 7.11. The minimum Gasteiger partial charge on any atom is -0.264 e. The zero-order valence-corrected chi connectivity index (χ0v) is 24.7. The van der Waals surface area contributed by atoms with Gasteiger partial charge in [-0.1, -0.05) is 109 Å². The van der Waals surface area contributed by atoms with E-state index in [1.165, 1.54) is 26.9 Å². The van der Waals surface area contributed by atoms with Gasteiger partial charge in [0, 0.05) is 46.4 Å². The molecular weight excluding hydrogens is 562 g/mol. The Labute approximate surface area is 265 Å². The highest BCUT2D eigenvalue weighted by Gasteiger charge is 2.18. The van der Waals surface area contributed by atoms with E-state index in [9.17, 15) is 0 Å². The molecule has 0 N–H and O–H groups in total. The number of hydrogen-bond acceptors (Lipinski definition) is 5. The van der Waals surface area contributed by atoms with Crippen LogP contribution in [-0.4, -0.2) is 24.9 Å². The summed E-state index contributed by atoms with van der Waals surface area (Å²) < 4.78 is 0. The molecule has 3 aromatic heterocycles. The third-order valence-corrected chi connectivity index (χ3v) is 8.64. The molecule has 0 saturated heterocycles. The highest BCUT2D eigenvalue weighted by molar-refractivity contribution is 6.27. The summed E-state index contributed by atoms with van der Waals surface area (Å²) >= 11 is 0.